The number of anilines is 1. The first kappa shape index (κ1) is 11.6. The van der Waals surface area contributed by atoms with Crippen LogP contribution in [0.2, 0.25) is 0 Å². The molecule has 1 aliphatic heterocycles. The zero-order chi connectivity index (χ0) is 12.8. The summed E-state index contributed by atoms with van der Waals surface area (Å²) >= 11 is 0. The van der Waals surface area contributed by atoms with E-state index >= 15 is 0 Å². The summed E-state index contributed by atoms with van der Waals surface area (Å²) < 4.78 is 0. The van der Waals surface area contributed by atoms with Crippen molar-refractivity contribution in [3.05, 3.63) is 29.8 Å². The Labute approximate surface area is 109 Å². The predicted octanol–water partition coefficient (Wildman–Crippen LogP) is 2.42. The molecular formula is C15H21N3. The van der Waals surface area contributed by atoms with E-state index in [4.69, 9.17) is 0 Å². The van der Waals surface area contributed by atoms with Gasteiger partial charge in [-0.25, -0.2) is 0 Å². The van der Waals surface area contributed by atoms with Gasteiger partial charge in [0.05, 0.1) is 0 Å². The quantitative estimate of drug-likeness (QED) is 0.606. The summed E-state index contributed by atoms with van der Waals surface area (Å²) in [6.45, 7) is 5.64. The molecule has 0 aromatic heterocycles. The number of benzene rings is 1. The number of rotatable bonds is 1. The van der Waals surface area contributed by atoms with Crippen LogP contribution >= 0.6 is 0 Å². The van der Waals surface area contributed by atoms with Gasteiger partial charge in [0, 0.05) is 25.3 Å². The number of hydrogen-bond acceptors (Lipinski definition) is 1. The Morgan fingerprint density at radius 1 is 1.39 bits per heavy atom. The molecule has 96 valence electrons. The molecule has 1 aliphatic carbocycles. The lowest BCUT2D eigenvalue weighted by Gasteiger charge is -2.23. The van der Waals surface area contributed by atoms with Crippen LogP contribution in [0.5, 0.6) is 0 Å². The highest BCUT2D eigenvalue weighted by Crippen LogP contribution is 2.44. The van der Waals surface area contributed by atoms with Crippen LogP contribution in [0.1, 0.15) is 25.8 Å². The van der Waals surface area contributed by atoms with Crippen molar-refractivity contribution >= 4 is 11.6 Å². The Bertz CT molecular complexity index is 490. The largest absolute Gasteiger partial charge is 0.353 e. The molecular weight excluding hydrogens is 222 g/mol. The minimum absolute atomic E-state index is 0.426. The highest BCUT2D eigenvalue weighted by molar-refractivity contribution is 5.98. The summed E-state index contributed by atoms with van der Waals surface area (Å²) in [7, 11) is 1.87. The fourth-order valence-electron chi connectivity index (χ4n) is 2.69. The van der Waals surface area contributed by atoms with E-state index in [0.29, 0.717) is 11.5 Å². The van der Waals surface area contributed by atoms with Gasteiger partial charge in [-0.05, 0) is 29.9 Å². The zero-order valence-electron chi connectivity index (χ0n) is 11.4. The molecule has 0 spiro atoms. The molecule has 3 nitrogen and oxygen atoms in total. The van der Waals surface area contributed by atoms with Crippen LogP contribution < -0.4 is 10.2 Å². The SMILES string of the molecule is CN=C(NC1CC1(C)C)N1CCc2ccccc21. The molecule has 1 N–H and O–H groups in total. The second kappa shape index (κ2) is 4.01. The number of nitrogens with zero attached hydrogens (tertiary/aromatic N) is 2. The van der Waals surface area contributed by atoms with Crippen molar-refractivity contribution in [2.45, 2.75) is 32.7 Å². The van der Waals surface area contributed by atoms with Crippen molar-refractivity contribution in [1.29, 1.82) is 0 Å². The molecule has 1 saturated carbocycles. The summed E-state index contributed by atoms with van der Waals surface area (Å²) in [6.07, 6.45) is 2.35. The van der Waals surface area contributed by atoms with Crippen LogP contribution in [0.4, 0.5) is 5.69 Å². The molecule has 2 aliphatic rings. The van der Waals surface area contributed by atoms with Crippen LogP contribution in [0, 0.1) is 5.41 Å². The lowest BCUT2D eigenvalue weighted by molar-refractivity contribution is 0.592. The highest BCUT2D eigenvalue weighted by Gasteiger charge is 2.46. The number of aliphatic imine (C=N–C) groups is 1. The normalized spacial score (nSPS) is 24.9. The van der Waals surface area contributed by atoms with Gasteiger partial charge in [-0.15, -0.1) is 0 Å². The monoisotopic (exact) mass is 243 g/mol. The second-order valence-electron chi connectivity index (χ2n) is 5.97. The molecule has 18 heavy (non-hydrogen) atoms. The first-order valence-electron chi connectivity index (χ1n) is 6.70. The van der Waals surface area contributed by atoms with E-state index in [0.717, 1.165) is 18.9 Å². The van der Waals surface area contributed by atoms with Gasteiger partial charge in [0.2, 0.25) is 0 Å². The first-order chi connectivity index (χ1) is 8.62. The van der Waals surface area contributed by atoms with E-state index in [1.165, 1.54) is 17.7 Å². The van der Waals surface area contributed by atoms with Gasteiger partial charge >= 0.3 is 0 Å². The summed E-state index contributed by atoms with van der Waals surface area (Å²) in [5.41, 5.74) is 3.16. The number of fused-ring (bicyclic) bond motifs is 1. The van der Waals surface area contributed by atoms with E-state index in [-0.39, 0.29) is 0 Å². The van der Waals surface area contributed by atoms with Crippen molar-refractivity contribution in [3.63, 3.8) is 0 Å². The third-order valence-electron chi connectivity index (χ3n) is 4.17. The third-order valence-corrected chi connectivity index (χ3v) is 4.17. The number of guanidine groups is 1. The van der Waals surface area contributed by atoms with Crippen LogP contribution in [0.3, 0.4) is 0 Å². The molecule has 3 rings (SSSR count). The van der Waals surface area contributed by atoms with Gasteiger partial charge in [-0.2, -0.15) is 0 Å². The lowest BCUT2D eigenvalue weighted by atomic mass is 10.2. The Balaban J connectivity index is 1.78. The average molecular weight is 243 g/mol. The lowest BCUT2D eigenvalue weighted by Crippen LogP contribution is -2.42. The number of para-hydroxylation sites is 1. The smallest absolute Gasteiger partial charge is 0.198 e. The molecule has 0 bridgehead atoms. The van der Waals surface area contributed by atoms with Gasteiger partial charge in [-0.3, -0.25) is 4.99 Å². The van der Waals surface area contributed by atoms with Crippen LogP contribution in [0.15, 0.2) is 29.3 Å². The van der Waals surface area contributed by atoms with Crippen molar-refractivity contribution in [3.8, 4) is 0 Å². The molecule has 1 fully saturated rings. The van der Waals surface area contributed by atoms with E-state index in [9.17, 15) is 0 Å². The maximum atomic E-state index is 4.45. The van der Waals surface area contributed by atoms with E-state index in [1.807, 2.05) is 7.05 Å². The molecule has 0 radical (unpaired) electrons. The van der Waals surface area contributed by atoms with E-state index in [2.05, 4.69) is 53.3 Å². The van der Waals surface area contributed by atoms with Gasteiger partial charge in [0.15, 0.2) is 5.96 Å². The van der Waals surface area contributed by atoms with Gasteiger partial charge in [-0.1, -0.05) is 32.0 Å². The van der Waals surface area contributed by atoms with E-state index in [1.54, 1.807) is 0 Å². The van der Waals surface area contributed by atoms with Crippen LogP contribution in [-0.4, -0.2) is 25.6 Å². The molecule has 0 amide bonds. The molecule has 1 unspecified atom stereocenters. The summed E-state index contributed by atoms with van der Waals surface area (Å²) in [5.74, 6) is 1.02. The topological polar surface area (TPSA) is 27.6 Å². The summed E-state index contributed by atoms with van der Waals surface area (Å²) in [5, 5.41) is 3.59. The Morgan fingerprint density at radius 2 is 2.11 bits per heavy atom. The minimum Gasteiger partial charge on any atom is -0.353 e. The summed E-state index contributed by atoms with van der Waals surface area (Å²) in [4.78, 5) is 6.76. The van der Waals surface area contributed by atoms with Crippen molar-refractivity contribution < 1.29 is 0 Å². The minimum atomic E-state index is 0.426. The average Bonchev–Trinajstić information content (AvgIpc) is 2.78. The van der Waals surface area contributed by atoms with Crippen molar-refractivity contribution in [2.24, 2.45) is 10.4 Å². The Morgan fingerprint density at radius 3 is 2.78 bits per heavy atom. The van der Waals surface area contributed by atoms with Crippen LogP contribution in [-0.2, 0) is 6.42 Å². The van der Waals surface area contributed by atoms with Gasteiger partial charge in [0.25, 0.3) is 0 Å². The predicted molar refractivity (Wildman–Crippen MR) is 76.2 cm³/mol. The Kier molecular flexibility index (Phi) is 2.58. The number of hydrogen-bond donors (Lipinski definition) is 1. The Hall–Kier alpha value is -1.51. The standard InChI is InChI=1S/C15H21N3/c1-15(2)10-13(15)17-14(16-3)18-9-8-11-6-4-5-7-12(11)18/h4-7,13H,8-10H2,1-3H3,(H,16,17). The van der Waals surface area contributed by atoms with Gasteiger partial charge in [0.1, 0.15) is 0 Å². The van der Waals surface area contributed by atoms with Crippen molar-refractivity contribution in [1.82, 2.24) is 5.32 Å². The second-order valence-corrected chi connectivity index (χ2v) is 5.97. The van der Waals surface area contributed by atoms with Crippen molar-refractivity contribution in [2.75, 3.05) is 18.5 Å². The number of nitrogens with one attached hydrogen (secondary N) is 1. The fraction of sp³-hybridized carbons (Fsp3) is 0.533. The molecule has 1 aromatic rings. The summed E-state index contributed by atoms with van der Waals surface area (Å²) in [6, 6.07) is 9.19. The zero-order valence-corrected chi connectivity index (χ0v) is 11.4. The highest BCUT2D eigenvalue weighted by atomic mass is 15.3. The molecule has 0 saturated heterocycles. The first-order valence-corrected chi connectivity index (χ1v) is 6.70. The molecule has 1 heterocycles. The maximum Gasteiger partial charge on any atom is 0.198 e. The van der Waals surface area contributed by atoms with Gasteiger partial charge < -0.3 is 10.2 Å². The van der Waals surface area contributed by atoms with Crippen LogP contribution in [0.25, 0.3) is 0 Å². The maximum absolute atomic E-state index is 4.45. The molecule has 1 atom stereocenters. The molecule has 3 heteroatoms. The molecule has 1 aromatic carbocycles. The van der Waals surface area contributed by atoms with E-state index < -0.39 is 0 Å². The fourth-order valence-corrected chi connectivity index (χ4v) is 2.69. The third kappa shape index (κ3) is 1.88.